The van der Waals surface area contributed by atoms with E-state index in [1.807, 2.05) is 32.9 Å². The molecule has 0 bridgehead atoms. The van der Waals surface area contributed by atoms with E-state index in [4.69, 9.17) is 4.74 Å². The summed E-state index contributed by atoms with van der Waals surface area (Å²) in [5.41, 5.74) is 0.731. The maximum absolute atomic E-state index is 13.4. The molecule has 0 unspecified atom stereocenters. The Morgan fingerprint density at radius 1 is 1.30 bits per heavy atom. The molecular weight excluding hydrogens is 444 g/mol. The molecule has 1 amide bonds. The summed E-state index contributed by atoms with van der Waals surface area (Å²) in [5.74, 6) is 0.184. The van der Waals surface area contributed by atoms with Crippen molar-refractivity contribution in [2.45, 2.75) is 45.7 Å². The molecule has 33 heavy (non-hydrogen) atoms. The fourth-order valence-corrected chi connectivity index (χ4v) is 6.38. The Bertz CT molecular complexity index is 1390. The summed E-state index contributed by atoms with van der Waals surface area (Å²) in [7, 11) is -3.16. The Morgan fingerprint density at radius 2 is 2.06 bits per heavy atom. The van der Waals surface area contributed by atoms with Gasteiger partial charge in [0.2, 0.25) is 0 Å². The normalized spacial score (nSPS) is 19.8. The van der Waals surface area contributed by atoms with Crippen LogP contribution in [0.5, 0.6) is 5.75 Å². The van der Waals surface area contributed by atoms with Crippen molar-refractivity contribution in [1.82, 2.24) is 19.4 Å². The van der Waals surface area contributed by atoms with Crippen LogP contribution in [0.4, 0.5) is 0 Å². The van der Waals surface area contributed by atoms with Gasteiger partial charge >= 0.3 is 5.69 Å². The van der Waals surface area contributed by atoms with Crippen molar-refractivity contribution in [2.24, 2.45) is 0 Å². The first kappa shape index (κ1) is 23.0. The van der Waals surface area contributed by atoms with E-state index < -0.39 is 21.3 Å². The summed E-state index contributed by atoms with van der Waals surface area (Å²) in [6.07, 6.45) is 1.78. The van der Waals surface area contributed by atoms with Crippen molar-refractivity contribution in [2.75, 3.05) is 18.1 Å². The summed E-state index contributed by atoms with van der Waals surface area (Å²) in [6, 6.07) is 8.67. The van der Waals surface area contributed by atoms with Gasteiger partial charge in [-0.05, 0) is 52.3 Å². The Labute approximate surface area is 192 Å². The molecule has 3 aromatic rings. The van der Waals surface area contributed by atoms with E-state index >= 15 is 0 Å². The molecule has 3 heterocycles. The van der Waals surface area contributed by atoms with Gasteiger partial charge in [-0.15, -0.1) is 0 Å². The highest BCUT2D eigenvalue weighted by Crippen LogP contribution is 2.25. The van der Waals surface area contributed by atoms with Crippen LogP contribution in [0, 0.1) is 0 Å². The molecule has 1 atom stereocenters. The number of hydrogen-bond acceptors (Lipinski definition) is 6. The zero-order valence-electron chi connectivity index (χ0n) is 19.2. The number of sulfone groups is 1. The lowest BCUT2D eigenvalue weighted by Gasteiger charge is -2.23. The largest absolute Gasteiger partial charge is 0.494 e. The second kappa shape index (κ2) is 8.33. The van der Waals surface area contributed by atoms with E-state index in [2.05, 4.69) is 10.3 Å². The number of nitrogens with one attached hydrogen (secondary N) is 1. The van der Waals surface area contributed by atoms with Crippen molar-refractivity contribution in [3.05, 3.63) is 52.6 Å². The van der Waals surface area contributed by atoms with Crippen LogP contribution in [0.3, 0.4) is 0 Å². The number of rotatable bonds is 6. The summed E-state index contributed by atoms with van der Waals surface area (Å²) < 4.78 is 32.4. The summed E-state index contributed by atoms with van der Waals surface area (Å²) in [5, 5.41) is 2.85. The standard InChI is InChI=1S/C23H28N4O5S/c1-5-32-18-8-6-7-17(12-18)27-20-19(26(15(2)3)22(27)29)11-16(13-24-20)21(28)25-23(4)9-10-33(30,31)14-23/h6-8,11-13,15H,5,9-10,14H2,1-4H3,(H,25,28)/t23-/m0/s1. The molecule has 176 valence electrons. The maximum Gasteiger partial charge on any atom is 0.335 e. The molecule has 1 N–H and O–H groups in total. The Hall–Kier alpha value is -3.14. The van der Waals surface area contributed by atoms with Crippen molar-refractivity contribution in [3.63, 3.8) is 0 Å². The maximum atomic E-state index is 13.4. The van der Waals surface area contributed by atoms with Gasteiger partial charge in [0, 0.05) is 18.3 Å². The predicted molar refractivity (Wildman–Crippen MR) is 126 cm³/mol. The SMILES string of the molecule is CCOc1cccc(-n2c(=O)n(C(C)C)c3cc(C(=O)N[C@@]4(C)CCS(=O)(=O)C4)cnc32)c1. The minimum absolute atomic E-state index is 0.0532. The molecule has 1 aliphatic heterocycles. The quantitative estimate of drug-likeness (QED) is 0.590. The third kappa shape index (κ3) is 4.39. The summed E-state index contributed by atoms with van der Waals surface area (Å²) in [6.45, 7) is 7.90. The molecular formula is C23H28N4O5S. The Balaban J connectivity index is 1.78. The Morgan fingerprint density at radius 3 is 2.70 bits per heavy atom. The van der Waals surface area contributed by atoms with Gasteiger partial charge in [-0.3, -0.25) is 9.36 Å². The number of amides is 1. The van der Waals surface area contributed by atoms with Crippen LogP contribution < -0.4 is 15.7 Å². The van der Waals surface area contributed by atoms with Crippen molar-refractivity contribution >= 4 is 26.9 Å². The number of imidazole rings is 1. The number of pyridine rings is 1. The molecule has 0 saturated carbocycles. The molecule has 9 nitrogen and oxygen atoms in total. The van der Waals surface area contributed by atoms with Gasteiger partial charge in [-0.25, -0.2) is 22.8 Å². The fourth-order valence-electron chi connectivity index (χ4n) is 4.29. The molecule has 10 heteroatoms. The second-order valence-electron chi connectivity index (χ2n) is 8.94. The van der Waals surface area contributed by atoms with Crippen LogP contribution >= 0.6 is 0 Å². The first-order chi connectivity index (χ1) is 15.5. The molecule has 0 spiro atoms. The number of carbonyl (C=O) groups is 1. The van der Waals surface area contributed by atoms with Gasteiger partial charge in [-0.2, -0.15) is 0 Å². The van der Waals surface area contributed by atoms with Gasteiger partial charge in [0.05, 0.1) is 40.4 Å². The van der Waals surface area contributed by atoms with Gasteiger partial charge in [0.15, 0.2) is 15.5 Å². The zero-order chi connectivity index (χ0) is 24.0. The van der Waals surface area contributed by atoms with Crippen LogP contribution in [0.2, 0.25) is 0 Å². The van der Waals surface area contributed by atoms with Crippen LogP contribution in [0.15, 0.2) is 41.3 Å². The lowest BCUT2D eigenvalue weighted by atomic mass is 10.0. The van der Waals surface area contributed by atoms with Crippen molar-refractivity contribution in [1.29, 1.82) is 0 Å². The number of ether oxygens (including phenoxy) is 1. The average molecular weight is 473 g/mol. The van der Waals surface area contributed by atoms with E-state index in [9.17, 15) is 18.0 Å². The number of hydrogen-bond donors (Lipinski definition) is 1. The van der Waals surface area contributed by atoms with Crippen molar-refractivity contribution in [3.8, 4) is 11.4 Å². The molecule has 4 rings (SSSR count). The number of carbonyl (C=O) groups excluding carboxylic acids is 1. The topological polar surface area (TPSA) is 112 Å². The fraction of sp³-hybridized carbons (Fsp3) is 0.435. The van der Waals surface area contributed by atoms with Crippen LogP contribution in [0.1, 0.15) is 50.5 Å². The van der Waals surface area contributed by atoms with Crippen LogP contribution in [-0.4, -0.2) is 52.1 Å². The number of fused-ring (bicyclic) bond motifs is 1. The molecule has 2 aromatic heterocycles. The molecule has 1 saturated heterocycles. The lowest BCUT2D eigenvalue weighted by molar-refractivity contribution is 0.0915. The van der Waals surface area contributed by atoms with Crippen molar-refractivity contribution < 1.29 is 17.9 Å². The van der Waals surface area contributed by atoms with E-state index in [0.717, 1.165) is 0 Å². The van der Waals surface area contributed by atoms with Gasteiger partial charge < -0.3 is 10.1 Å². The van der Waals surface area contributed by atoms with E-state index in [0.29, 0.717) is 35.6 Å². The molecule has 0 aliphatic carbocycles. The van der Waals surface area contributed by atoms with E-state index in [1.165, 1.54) is 10.8 Å². The zero-order valence-corrected chi connectivity index (χ0v) is 20.0. The lowest BCUT2D eigenvalue weighted by Crippen LogP contribution is -2.46. The number of aromatic nitrogens is 3. The summed E-state index contributed by atoms with van der Waals surface area (Å²) in [4.78, 5) is 30.8. The minimum atomic E-state index is -3.16. The first-order valence-corrected chi connectivity index (χ1v) is 12.7. The highest BCUT2D eigenvalue weighted by molar-refractivity contribution is 7.91. The smallest absolute Gasteiger partial charge is 0.335 e. The molecule has 1 aromatic carbocycles. The third-order valence-electron chi connectivity index (χ3n) is 5.80. The van der Waals surface area contributed by atoms with Gasteiger partial charge in [0.25, 0.3) is 5.91 Å². The highest BCUT2D eigenvalue weighted by Gasteiger charge is 2.39. The first-order valence-electron chi connectivity index (χ1n) is 10.9. The highest BCUT2D eigenvalue weighted by atomic mass is 32.2. The van der Waals surface area contributed by atoms with E-state index in [1.54, 1.807) is 29.7 Å². The van der Waals surface area contributed by atoms with Gasteiger partial charge in [-0.1, -0.05) is 6.07 Å². The predicted octanol–water partition coefficient (Wildman–Crippen LogP) is 2.47. The monoisotopic (exact) mass is 472 g/mol. The molecule has 0 radical (unpaired) electrons. The van der Waals surface area contributed by atoms with E-state index in [-0.39, 0.29) is 28.8 Å². The second-order valence-corrected chi connectivity index (χ2v) is 11.1. The van der Waals surface area contributed by atoms with Crippen LogP contribution in [-0.2, 0) is 9.84 Å². The number of nitrogens with zero attached hydrogens (tertiary/aromatic N) is 3. The molecule has 1 fully saturated rings. The Kier molecular flexibility index (Phi) is 5.81. The molecule has 1 aliphatic rings. The third-order valence-corrected chi connectivity index (χ3v) is 7.70. The number of benzene rings is 1. The average Bonchev–Trinajstić information content (AvgIpc) is 3.19. The summed E-state index contributed by atoms with van der Waals surface area (Å²) >= 11 is 0. The minimum Gasteiger partial charge on any atom is -0.494 e. The van der Waals surface area contributed by atoms with Crippen LogP contribution in [0.25, 0.3) is 16.9 Å². The van der Waals surface area contributed by atoms with Gasteiger partial charge in [0.1, 0.15) is 5.75 Å².